The topological polar surface area (TPSA) is 59.1 Å². The molecule has 0 unspecified atom stereocenters. The molecular weight excluding hydrogens is 364 g/mol. The smallest absolute Gasteiger partial charge is 0.192 e. The highest BCUT2D eigenvalue weighted by Gasteiger charge is 2.08. The van der Waals surface area contributed by atoms with E-state index in [0.717, 1.165) is 22.0 Å². The van der Waals surface area contributed by atoms with E-state index in [0.29, 0.717) is 11.6 Å². The van der Waals surface area contributed by atoms with E-state index in [4.69, 9.17) is 11.6 Å². The van der Waals surface area contributed by atoms with Crippen molar-refractivity contribution in [2.75, 3.05) is 11.6 Å². The molecule has 2 rings (SSSR count). The molecule has 106 valence electrons. The summed E-state index contributed by atoms with van der Waals surface area (Å²) < 4.78 is 23.5. The predicted molar refractivity (Wildman–Crippen MR) is 83.8 cm³/mol. The summed E-state index contributed by atoms with van der Waals surface area (Å²) in [7, 11) is -3.26. The average Bonchev–Trinajstić information content (AvgIpc) is 2.37. The average molecular weight is 376 g/mol. The van der Waals surface area contributed by atoms with Gasteiger partial charge in [-0.3, -0.25) is 0 Å². The molecule has 0 aliphatic heterocycles. The monoisotopic (exact) mass is 374 g/mol. The van der Waals surface area contributed by atoms with Gasteiger partial charge in [-0.2, -0.15) is 0 Å². The summed E-state index contributed by atoms with van der Waals surface area (Å²) in [6.45, 7) is 0.534. The number of hydrogen-bond acceptors (Lipinski definition) is 4. The number of halogens is 2. The maximum absolute atomic E-state index is 11.3. The number of nitrogens with one attached hydrogen (secondary N) is 1. The standard InChI is InChI=1S/C13H12BrClN2O2S/c1-20(18,19)13-5-4-11(8-17-13)16-7-9-2-3-10(14)6-12(9)15/h2-6,8,16H,7H2,1H3. The Bertz CT molecular complexity index is 718. The van der Waals surface area contributed by atoms with Gasteiger partial charge in [0.1, 0.15) is 0 Å². The Kier molecular flexibility index (Phi) is 4.67. The Hall–Kier alpha value is -1.11. The summed E-state index contributed by atoms with van der Waals surface area (Å²) in [5, 5.41) is 3.86. The molecule has 7 heteroatoms. The second kappa shape index (κ2) is 6.11. The first-order chi connectivity index (χ1) is 9.36. The zero-order valence-corrected chi connectivity index (χ0v) is 13.8. The fourth-order valence-electron chi connectivity index (χ4n) is 1.57. The molecule has 4 nitrogen and oxygen atoms in total. The van der Waals surface area contributed by atoms with E-state index < -0.39 is 9.84 Å². The van der Waals surface area contributed by atoms with Crippen molar-refractivity contribution in [1.82, 2.24) is 4.98 Å². The molecule has 1 N–H and O–H groups in total. The van der Waals surface area contributed by atoms with E-state index in [9.17, 15) is 8.42 Å². The second-order valence-corrected chi connectivity index (χ2v) is 7.53. The first-order valence-corrected chi connectivity index (χ1v) is 8.76. The Morgan fingerprint density at radius 2 is 2.05 bits per heavy atom. The van der Waals surface area contributed by atoms with Gasteiger partial charge < -0.3 is 5.32 Å². The summed E-state index contributed by atoms with van der Waals surface area (Å²) in [6.07, 6.45) is 2.62. The van der Waals surface area contributed by atoms with Crippen LogP contribution in [0.4, 0.5) is 5.69 Å². The number of aromatic nitrogens is 1. The highest BCUT2D eigenvalue weighted by molar-refractivity contribution is 9.10. The van der Waals surface area contributed by atoms with Crippen LogP contribution in [0.3, 0.4) is 0 Å². The summed E-state index contributed by atoms with van der Waals surface area (Å²) >= 11 is 9.46. The lowest BCUT2D eigenvalue weighted by Gasteiger charge is -2.08. The molecule has 0 fully saturated rings. The maximum Gasteiger partial charge on any atom is 0.192 e. The number of benzene rings is 1. The molecule has 0 atom stereocenters. The van der Waals surface area contributed by atoms with Gasteiger partial charge in [0.15, 0.2) is 14.9 Å². The van der Waals surface area contributed by atoms with Gasteiger partial charge >= 0.3 is 0 Å². The van der Waals surface area contributed by atoms with Crippen LogP contribution in [0.2, 0.25) is 5.02 Å². The molecule has 0 spiro atoms. The van der Waals surface area contributed by atoms with Crippen LogP contribution in [-0.2, 0) is 16.4 Å². The van der Waals surface area contributed by atoms with E-state index in [-0.39, 0.29) is 5.03 Å². The molecule has 1 aromatic carbocycles. The van der Waals surface area contributed by atoms with E-state index in [2.05, 4.69) is 26.2 Å². The van der Waals surface area contributed by atoms with Crippen molar-refractivity contribution in [3.05, 3.63) is 51.6 Å². The SMILES string of the molecule is CS(=O)(=O)c1ccc(NCc2ccc(Br)cc2Cl)cn1. The van der Waals surface area contributed by atoms with E-state index >= 15 is 0 Å². The van der Waals surface area contributed by atoms with Crippen molar-refractivity contribution >= 4 is 43.1 Å². The number of anilines is 1. The molecule has 0 bridgehead atoms. The minimum Gasteiger partial charge on any atom is -0.380 e. The lowest BCUT2D eigenvalue weighted by molar-refractivity contribution is 0.598. The fourth-order valence-corrected chi connectivity index (χ4v) is 2.87. The largest absolute Gasteiger partial charge is 0.380 e. The van der Waals surface area contributed by atoms with Crippen LogP contribution >= 0.6 is 27.5 Å². The molecule has 1 heterocycles. The van der Waals surface area contributed by atoms with Crippen molar-refractivity contribution in [3.63, 3.8) is 0 Å². The zero-order valence-electron chi connectivity index (χ0n) is 10.6. The molecule has 0 saturated carbocycles. The van der Waals surface area contributed by atoms with E-state index in [1.165, 1.54) is 12.3 Å². The van der Waals surface area contributed by atoms with Crippen LogP contribution in [0, 0.1) is 0 Å². The Labute approximate surface area is 131 Å². The van der Waals surface area contributed by atoms with Gasteiger partial charge in [-0.05, 0) is 29.8 Å². The van der Waals surface area contributed by atoms with Crippen LogP contribution in [-0.4, -0.2) is 19.7 Å². The molecule has 0 radical (unpaired) electrons. The van der Waals surface area contributed by atoms with Gasteiger partial charge in [-0.1, -0.05) is 33.6 Å². The second-order valence-electron chi connectivity index (χ2n) is 4.25. The third-order valence-electron chi connectivity index (χ3n) is 2.61. The maximum atomic E-state index is 11.3. The van der Waals surface area contributed by atoms with Crippen LogP contribution in [0.5, 0.6) is 0 Å². The van der Waals surface area contributed by atoms with Gasteiger partial charge in [0, 0.05) is 22.3 Å². The highest BCUT2D eigenvalue weighted by Crippen LogP contribution is 2.22. The molecular formula is C13H12BrClN2O2S. The number of nitrogens with zero attached hydrogens (tertiary/aromatic N) is 1. The van der Waals surface area contributed by atoms with Crippen LogP contribution in [0.1, 0.15) is 5.56 Å². The van der Waals surface area contributed by atoms with Crippen molar-refractivity contribution in [1.29, 1.82) is 0 Å². The summed E-state index contributed by atoms with van der Waals surface area (Å²) in [5.41, 5.74) is 1.68. The summed E-state index contributed by atoms with van der Waals surface area (Å²) in [5.74, 6) is 0. The molecule has 0 aliphatic rings. The van der Waals surface area contributed by atoms with Crippen molar-refractivity contribution in [2.45, 2.75) is 11.6 Å². The summed E-state index contributed by atoms with van der Waals surface area (Å²) in [6, 6.07) is 8.80. The Morgan fingerprint density at radius 3 is 2.60 bits per heavy atom. The Balaban J connectivity index is 2.08. The molecule has 0 amide bonds. The van der Waals surface area contributed by atoms with Gasteiger partial charge in [0.2, 0.25) is 0 Å². The lowest BCUT2D eigenvalue weighted by Crippen LogP contribution is -2.03. The van der Waals surface area contributed by atoms with Crippen LogP contribution < -0.4 is 5.32 Å². The van der Waals surface area contributed by atoms with Crippen molar-refractivity contribution in [2.24, 2.45) is 0 Å². The molecule has 2 aromatic rings. The Morgan fingerprint density at radius 1 is 1.30 bits per heavy atom. The van der Waals surface area contributed by atoms with Crippen LogP contribution in [0.25, 0.3) is 0 Å². The van der Waals surface area contributed by atoms with Crippen LogP contribution in [0.15, 0.2) is 46.0 Å². The normalized spacial score (nSPS) is 11.3. The molecule has 1 aromatic heterocycles. The van der Waals surface area contributed by atoms with E-state index in [1.807, 2.05) is 18.2 Å². The first kappa shape index (κ1) is 15.3. The van der Waals surface area contributed by atoms with Crippen molar-refractivity contribution < 1.29 is 8.42 Å². The molecule has 0 saturated heterocycles. The van der Waals surface area contributed by atoms with Gasteiger partial charge in [0.25, 0.3) is 0 Å². The van der Waals surface area contributed by atoms with E-state index in [1.54, 1.807) is 6.07 Å². The number of rotatable bonds is 4. The minimum absolute atomic E-state index is 0.0599. The van der Waals surface area contributed by atoms with Crippen molar-refractivity contribution in [3.8, 4) is 0 Å². The first-order valence-electron chi connectivity index (χ1n) is 5.70. The fraction of sp³-hybridized carbons (Fsp3) is 0.154. The van der Waals surface area contributed by atoms with Gasteiger partial charge in [0.05, 0.1) is 11.9 Å². The number of pyridine rings is 1. The zero-order chi connectivity index (χ0) is 14.8. The third kappa shape index (κ3) is 3.94. The number of hydrogen-bond donors (Lipinski definition) is 1. The molecule has 0 aliphatic carbocycles. The molecule has 20 heavy (non-hydrogen) atoms. The lowest BCUT2D eigenvalue weighted by atomic mass is 10.2. The third-order valence-corrected chi connectivity index (χ3v) is 4.46. The summed E-state index contributed by atoms with van der Waals surface area (Å²) in [4.78, 5) is 3.91. The number of sulfone groups is 1. The van der Waals surface area contributed by atoms with Gasteiger partial charge in [-0.15, -0.1) is 0 Å². The predicted octanol–water partition coefficient (Wildman–Crippen LogP) is 3.51. The quantitative estimate of drug-likeness (QED) is 0.888. The van der Waals surface area contributed by atoms with Gasteiger partial charge in [-0.25, -0.2) is 13.4 Å². The minimum atomic E-state index is -3.26. The highest BCUT2D eigenvalue weighted by atomic mass is 79.9.